The maximum absolute atomic E-state index is 13.5. The summed E-state index contributed by atoms with van der Waals surface area (Å²) >= 11 is 0. The van der Waals surface area contributed by atoms with E-state index in [-0.39, 0.29) is 22.0 Å². The van der Waals surface area contributed by atoms with Crippen LogP contribution in [0.15, 0.2) is 88.6 Å². The molecule has 0 bridgehead atoms. The highest BCUT2D eigenvalue weighted by atomic mass is 32.2. The number of nitro groups is 1. The molecular weight excluding hydrogens is 456 g/mol. The number of benzene rings is 3. The second-order valence-corrected chi connectivity index (χ2v) is 9.66. The quantitative estimate of drug-likeness (QED) is 0.292. The van der Waals surface area contributed by atoms with Crippen LogP contribution in [0, 0.1) is 10.1 Å². The Kier molecular flexibility index (Phi) is 6.27. The van der Waals surface area contributed by atoms with Gasteiger partial charge in [0.15, 0.2) is 0 Å². The third-order valence-corrected chi connectivity index (χ3v) is 7.54. The van der Waals surface area contributed by atoms with Crippen LogP contribution < -0.4 is 5.56 Å². The Balaban J connectivity index is 1.89. The van der Waals surface area contributed by atoms with Gasteiger partial charge in [0, 0.05) is 19.2 Å². The molecule has 0 saturated carbocycles. The highest BCUT2D eigenvalue weighted by Gasteiger charge is 2.32. The van der Waals surface area contributed by atoms with Gasteiger partial charge in [0.2, 0.25) is 10.0 Å². The number of hydrogen-bond acceptors (Lipinski definition) is 6. The molecular formula is C24H22N4O5S. The molecule has 3 aromatic carbocycles. The molecule has 1 heterocycles. The van der Waals surface area contributed by atoms with Crippen molar-refractivity contribution in [3.8, 4) is 5.69 Å². The first-order chi connectivity index (χ1) is 16.3. The minimum absolute atomic E-state index is 0.0894. The number of para-hydroxylation sites is 2. The summed E-state index contributed by atoms with van der Waals surface area (Å²) in [4.78, 5) is 28.5. The summed E-state index contributed by atoms with van der Waals surface area (Å²) in [7, 11) is -2.63. The fraction of sp³-hybridized carbons (Fsp3) is 0.167. The minimum atomic E-state index is -4.05. The Morgan fingerprint density at radius 3 is 2.24 bits per heavy atom. The molecule has 1 unspecified atom stereocenters. The molecule has 0 N–H and O–H groups in total. The summed E-state index contributed by atoms with van der Waals surface area (Å²) in [5.74, 6) is 0.283. The molecule has 4 rings (SSSR count). The zero-order valence-electron chi connectivity index (χ0n) is 18.5. The largest absolute Gasteiger partial charge is 0.269 e. The molecule has 0 spiro atoms. The first kappa shape index (κ1) is 23.3. The van der Waals surface area contributed by atoms with Crippen LogP contribution in [0.25, 0.3) is 16.6 Å². The molecule has 9 nitrogen and oxygen atoms in total. The van der Waals surface area contributed by atoms with Gasteiger partial charge in [-0.25, -0.2) is 13.4 Å². The van der Waals surface area contributed by atoms with Gasteiger partial charge in [0.1, 0.15) is 5.82 Å². The molecule has 1 aromatic heterocycles. The van der Waals surface area contributed by atoms with Crippen molar-refractivity contribution >= 4 is 26.6 Å². The number of nitrogens with zero attached hydrogens (tertiary/aromatic N) is 4. The molecule has 174 valence electrons. The lowest BCUT2D eigenvalue weighted by Gasteiger charge is -2.28. The van der Waals surface area contributed by atoms with E-state index >= 15 is 0 Å². The van der Waals surface area contributed by atoms with Crippen LogP contribution in [0.4, 0.5) is 5.69 Å². The SMILES string of the molecule is CCC(c1nc2ccccc2c(=O)n1-c1ccccc1)N(C)S(=O)(=O)c1ccc([N+](=O)[O-])cc1. The highest BCUT2D eigenvalue weighted by molar-refractivity contribution is 7.89. The lowest BCUT2D eigenvalue weighted by molar-refractivity contribution is -0.384. The lowest BCUT2D eigenvalue weighted by Crippen LogP contribution is -2.36. The normalized spacial score (nSPS) is 12.7. The second-order valence-electron chi connectivity index (χ2n) is 7.66. The van der Waals surface area contributed by atoms with Gasteiger partial charge in [-0.05, 0) is 42.8 Å². The molecule has 1 atom stereocenters. The third kappa shape index (κ3) is 4.09. The van der Waals surface area contributed by atoms with Crippen molar-refractivity contribution in [2.24, 2.45) is 0 Å². The molecule has 0 aliphatic rings. The van der Waals surface area contributed by atoms with Crippen LogP contribution >= 0.6 is 0 Å². The fourth-order valence-electron chi connectivity index (χ4n) is 3.88. The van der Waals surface area contributed by atoms with Crippen molar-refractivity contribution in [2.45, 2.75) is 24.3 Å². The van der Waals surface area contributed by atoms with E-state index in [2.05, 4.69) is 0 Å². The van der Waals surface area contributed by atoms with Gasteiger partial charge in [-0.1, -0.05) is 37.3 Å². The Morgan fingerprint density at radius 2 is 1.62 bits per heavy atom. The Hall–Kier alpha value is -3.89. The Bertz CT molecular complexity index is 1520. The van der Waals surface area contributed by atoms with Crippen LogP contribution in [0.2, 0.25) is 0 Å². The topological polar surface area (TPSA) is 115 Å². The average Bonchev–Trinajstić information content (AvgIpc) is 2.85. The van der Waals surface area contributed by atoms with Gasteiger partial charge in [-0.2, -0.15) is 4.31 Å². The number of aromatic nitrogens is 2. The molecule has 4 aromatic rings. The van der Waals surface area contributed by atoms with Crippen molar-refractivity contribution in [3.63, 3.8) is 0 Å². The van der Waals surface area contributed by atoms with Gasteiger partial charge >= 0.3 is 0 Å². The molecule has 0 saturated heterocycles. The molecule has 0 radical (unpaired) electrons. The van der Waals surface area contributed by atoms with E-state index in [0.717, 1.165) is 16.4 Å². The van der Waals surface area contributed by atoms with Gasteiger partial charge in [-0.15, -0.1) is 0 Å². The van der Waals surface area contributed by atoms with Gasteiger partial charge < -0.3 is 0 Å². The molecule has 0 aliphatic carbocycles. The summed E-state index contributed by atoms with van der Waals surface area (Å²) in [6.07, 6.45) is 0.334. The highest BCUT2D eigenvalue weighted by Crippen LogP contribution is 2.30. The molecule has 0 aliphatic heterocycles. The van der Waals surface area contributed by atoms with Gasteiger partial charge in [-0.3, -0.25) is 19.5 Å². The summed E-state index contributed by atoms with van der Waals surface area (Å²) in [6, 6.07) is 19.8. The maximum atomic E-state index is 13.5. The summed E-state index contributed by atoms with van der Waals surface area (Å²) in [6.45, 7) is 1.81. The van der Waals surface area contributed by atoms with Crippen molar-refractivity contribution in [1.82, 2.24) is 13.9 Å². The smallest absolute Gasteiger partial charge is 0.268 e. The van der Waals surface area contributed by atoms with Gasteiger partial charge in [0.05, 0.1) is 32.5 Å². The monoisotopic (exact) mass is 478 g/mol. The predicted molar refractivity (Wildman–Crippen MR) is 128 cm³/mol. The number of sulfonamides is 1. The number of nitro benzene ring substituents is 1. The maximum Gasteiger partial charge on any atom is 0.269 e. The van der Waals surface area contributed by atoms with Crippen molar-refractivity contribution in [3.05, 3.63) is 105 Å². The Morgan fingerprint density at radius 1 is 1.00 bits per heavy atom. The van der Waals surface area contributed by atoms with E-state index in [4.69, 9.17) is 4.98 Å². The minimum Gasteiger partial charge on any atom is -0.268 e. The zero-order chi connectivity index (χ0) is 24.5. The molecule has 0 amide bonds. The fourth-order valence-corrected chi connectivity index (χ4v) is 5.27. The van der Waals surface area contributed by atoms with E-state index in [1.165, 1.54) is 23.7 Å². The van der Waals surface area contributed by atoms with Crippen molar-refractivity contribution < 1.29 is 13.3 Å². The molecule has 10 heteroatoms. The van der Waals surface area contributed by atoms with E-state index in [9.17, 15) is 23.3 Å². The first-order valence-corrected chi connectivity index (χ1v) is 12.0. The van der Waals surface area contributed by atoms with Crippen LogP contribution in [0.1, 0.15) is 25.2 Å². The first-order valence-electron chi connectivity index (χ1n) is 10.5. The number of non-ortho nitro benzene ring substituents is 1. The van der Waals surface area contributed by atoms with Crippen LogP contribution in [-0.4, -0.2) is 34.2 Å². The standard InChI is InChI=1S/C24H22N4O5S/c1-3-22(26(2)34(32,33)19-15-13-18(14-16-19)28(30)31)23-25-21-12-8-7-11-20(21)24(29)27(23)17-9-5-4-6-10-17/h4-16,22H,3H2,1-2H3. The summed E-state index contributed by atoms with van der Waals surface area (Å²) in [5, 5.41) is 11.4. The lowest BCUT2D eigenvalue weighted by atomic mass is 10.1. The number of rotatable bonds is 7. The number of hydrogen-bond donors (Lipinski definition) is 0. The van der Waals surface area contributed by atoms with Crippen LogP contribution in [0.3, 0.4) is 0 Å². The van der Waals surface area contributed by atoms with E-state index < -0.39 is 21.0 Å². The number of fused-ring (bicyclic) bond motifs is 1. The average molecular weight is 479 g/mol. The molecule has 0 fully saturated rings. The van der Waals surface area contributed by atoms with Gasteiger partial charge in [0.25, 0.3) is 11.2 Å². The summed E-state index contributed by atoms with van der Waals surface area (Å²) < 4.78 is 29.4. The zero-order valence-corrected chi connectivity index (χ0v) is 19.3. The molecule has 34 heavy (non-hydrogen) atoms. The third-order valence-electron chi connectivity index (χ3n) is 5.66. The Labute approximate surface area is 196 Å². The van der Waals surface area contributed by atoms with Crippen molar-refractivity contribution in [1.29, 1.82) is 0 Å². The van der Waals surface area contributed by atoms with E-state index in [0.29, 0.717) is 23.0 Å². The van der Waals surface area contributed by atoms with Crippen molar-refractivity contribution in [2.75, 3.05) is 7.05 Å². The predicted octanol–water partition coefficient (Wildman–Crippen LogP) is 4.07. The summed E-state index contributed by atoms with van der Waals surface area (Å²) in [5.41, 5.74) is 0.531. The van der Waals surface area contributed by atoms with E-state index in [1.54, 1.807) is 48.5 Å². The van der Waals surface area contributed by atoms with Crippen LogP contribution in [0.5, 0.6) is 0 Å². The second kappa shape index (κ2) is 9.16. The van der Waals surface area contributed by atoms with Crippen LogP contribution in [-0.2, 0) is 10.0 Å². The van der Waals surface area contributed by atoms with E-state index in [1.807, 2.05) is 13.0 Å².